The zero-order valence-electron chi connectivity index (χ0n) is 6.53. The van der Waals surface area contributed by atoms with E-state index in [-0.39, 0.29) is 0 Å². The molecule has 0 saturated heterocycles. The molecule has 1 atom stereocenters. The summed E-state index contributed by atoms with van der Waals surface area (Å²) in [4.78, 5) is 10.2. The Labute approximate surface area is 76.3 Å². The van der Waals surface area contributed by atoms with E-state index < -0.39 is 6.04 Å². The molecule has 0 aliphatic rings. The van der Waals surface area contributed by atoms with Crippen molar-refractivity contribution in [3.05, 3.63) is 34.9 Å². The largest absolute Gasteiger partial charge is 0.321 e. The van der Waals surface area contributed by atoms with Gasteiger partial charge in [0, 0.05) is 5.02 Å². The lowest BCUT2D eigenvalue weighted by atomic mass is 10.1. The fraction of sp³-hybridized carbons (Fsp3) is 0.222. The topological polar surface area (TPSA) is 43.1 Å². The molecule has 0 aliphatic heterocycles. The Morgan fingerprint density at radius 1 is 1.58 bits per heavy atom. The van der Waals surface area contributed by atoms with Crippen LogP contribution in [0.1, 0.15) is 5.56 Å². The third-order valence-corrected chi connectivity index (χ3v) is 1.77. The minimum atomic E-state index is -0.427. The first kappa shape index (κ1) is 9.23. The Hall–Kier alpha value is -0.860. The lowest BCUT2D eigenvalue weighted by Gasteiger charge is -2.03. The van der Waals surface area contributed by atoms with Crippen molar-refractivity contribution in [1.82, 2.24) is 0 Å². The Kier molecular flexibility index (Phi) is 3.26. The van der Waals surface area contributed by atoms with Crippen LogP contribution in [-0.2, 0) is 11.2 Å². The quantitative estimate of drug-likeness (QED) is 0.721. The van der Waals surface area contributed by atoms with Crippen LogP contribution in [0.4, 0.5) is 0 Å². The average Bonchev–Trinajstić information content (AvgIpc) is 2.04. The van der Waals surface area contributed by atoms with E-state index in [2.05, 4.69) is 0 Å². The van der Waals surface area contributed by atoms with Gasteiger partial charge in [-0.15, -0.1) is 0 Å². The molecule has 1 aromatic rings. The summed E-state index contributed by atoms with van der Waals surface area (Å²) in [6, 6.07) is 6.91. The van der Waals surface area contributed by atoms with Crippen LogP contribution in [0.15, 0.2) is 24.3 Å². The van der Waals surface area contributed by atoms with Crippen molar-refractivity contribution < 1.29 is 4.79 Å². The molecule has 12 heavy (non-hydrogen) atoms. The number of rotatable bonds is 3. The first-order valence-electron chi connectivity index (χ1n) is 3.67. The van der Waals surface area contributed by atoms with Gasteiger partial charge in [-0.3, -0.25) is 0 Å². The molecular formula is C9H10ClNO. The summed E-state index contributed by atoms with van der Waals surface area (Å²) in [6.45, 7) is 0. The van der Waals surface area contributed by atoms with Crippen LogP contribution in [-0.4, -0.2) is 12.3 Å². The summed E-state index contributed by atoms with van der Waals surface area (Å²) < 4.78 is 0. The smallest absolute Gasteiger partial charge is 0.137 e. The van der Waals surface area contributed by atoms with E-state index in [4.69, 9.17) is 17.3 Å². The van der Waals surface area contributed by atoms with Crippen LogP contribution in [0.25, 0.3) is 0 Å². The number of hydrogen-bond donors (Lipinski definition) is 1. The maximum absolute atomic E-state index is 10.2. The van der Waals surface area contributed by atoms with Gasteiger partial charge < -0.3 is 10.5 Å². The van der Waals surface area contributed by atoms with Crippen molar-refractivity contribution in [2.24, 2.45) is 5.73 Å². The van der Waals surface area contributed by atoms with E-state index in [0.717, 1.165) is 11.8 Å². The third-order valence-electron chi connectivity index (χ3n) is 1.54. The molecule has 0 bridgehead atoms. The lowest BCUT2D eigenvalue weighted by molar-refractivity contribution is -0.108. The van der Waals surface area contributed by atoms with Gasteiger partial charge in [0.15, 0.2) is 0 Å². The Bertz CT molecular complexity index is 275. The molecule has 0 amide bonds. The van der Waals surface area contributed by atoms with Crippen LogP contribution in [0.3, 0.4) is 0 Å². The fourth-order valence-electron chi connectivity index (χ4n) is 0.984. The number of nitrogens with two attached hydrogens (primary N) is 1. The van der Waals surface area contributed by atoms with Gasteiger partial charge in [0.2, 0.25) is 0 Å². The molecule has 0 saturated carbocycles. The maximum Gasteiger partial charge on any atom is 0.137 e. The highest BCUT2D eigenvalue weighted by atomic mass is 35.5. The summed E-state index contributed by atoms with van der Waals surface area (Å²) in [5, 5.41) is 0.672. The molecule has 3 heteroatoms. The second-order valence-electron chi connectivity index (χ2n) is 2.63. The van der Waals surface area contributed by atoms with E-state index in [9.17, 15) is 4.79 Å². The molecular weight excluding hydrogens is 174 g/mol. The molecule has 64 valence electrons. The second kappa shape index (κ2) is 4.24. The molecule has 2 nitrogen and oxygen atoms in total. The molecule has 0 spiro atoms. The summed E-state index contributed by atoms with van der Waals surface area (Å²) in [5.41, 5.74) is 6.43. The molecule has 0 radical (unpaired) electrons. The third kappa shape index (κ3) is 2.64. The standard InChI is InChI=1S/C9H10ClNO/c10-8-3-1-2-7(4-8)5-9(11)6-12/h1-4,6,9H,5,11H2/t9-/m0/s1. The maximum atomic E-state index is 10.2. The zero-order chi connectivity index (χ0) is 8.97. The number of halogens is 1. The van der Waals surface area contributed by atoms with Crippen LogP contribution in [0.2, 0.25) is 5.02 Å². The number of aldehydes is 1. The lowest BCUT2D eigenvalue weighted by Crippen LogP contribution is -2.23. The van der Waals surface area contributed by atoms with Gasteiger partial charge in [-0.25, -0.2) is 0 Å². The molecule has 0 unspecified atom stereocenters. The summed E-state index contributed by atoms with van der Waals surface area (Å²) in [6.07, 6.45) is 1.28. The van der Waals surface area contributed by atoms with Crippen LogP contribution in [0, 0.1) is 0 Å². The van der Waals surface area contributed by atoms with Crippen molar-refractivity contribution >= 4 is 17.9 Å². The monoisotopic (exact) mass is 183 g/mol. The van der Waals surface area contributed by atoms with Gasteiger partial charge in [-0.1, -0.05) is 23.7 Å². The molecule has 0 aromatic heterocycles. The van der Waals surface area contributed by atoms with Crippen LogP contribution < -0.4 is 5.73 Å². The second-order valence-corrected chi connectivity index (χ2v) is 3.07. The number of carbonyl (C=O) groups excluding carboxylic acids is 1. The van der Waals surface area contributed by atoms with Gasteiger partial charge in [0.1, 0.15) is 6.29 Å². The number of hydrogen-bond acceptors (Lipinski definition) is 2. The van der Waals surface area contributed by atoms with Crippen LogP contribution >= 0.6 is 11.6 Å². The number of carbonyl (C=O) groups is 1. The average molecular weight is 184 g/mol. The Morgan fingerprint density at radius 3 is 2.92 bits per heavy atom. The van der Waals surface area contributed by atoms with E-state index in [0.29, 0.717) is 11.4 Å². The first-order chi connectivity index (χ1) is 5.72. The summed E-state index contributed by atoms with van der Waals surface area (Å²) >= 11 is 5.74. The summed E-state index contributed by atoms with van der Waals surface area (Å²) in [5.74, 6) is 0. The normalized spacial score (nSPS) is 12.5. The van der Waals surface area contributed by atoms with E-state index >= 15 is 0 Å². The predicted molar refractivity (Wildman–Crippen MR) is 49.2 cm³/mol. The van der Waals surface area contributed by atoms with Gasteiger partial charge in [0.05, 0.1) is 6.04 Å². The molecule has 1 rings (SSSR count). The number of benzene rings is 1. The van der Waals surface area contributed by atoms with Crippen molar-refractivity contribution in [2.75, 3.05) is 0 Å². The highest BCUT2D eigenvalue weighted by molar-refractivity contribution is 6.30. The molecule has 0 aliphatic carbocycles. The van der Waals surface area contributed by atoms with Gasteiger partial charge in [-0.2, -0.15) is 0 Å². The zero-order valence-corrected chi connectivity index (χ0v) is 7.29. The molecule has 0 fully saturated rings. The van der Waals surface area contributed by atoms with Crippen molar-refractivity contribution in [2.45, 2.75) is 12.5 Å². The summed E-state index contributed by atoms with van der Waals surface area (Å²) in [7, 11) is 0. The van der Waals surface area contributed by atoms with Crippen molar-refractivity contribution in [3.63, 3.8) is 0 Å². The van der Waals surface area contributed by atoms with Crippen molar-refractivity contribution in [3.8, 4) is 0 Å². The van der Waals surface area contributed by atoms with E-state index in [1.165, 1.54) is 0 Å². The van der Waals surface area contributed by atoms with Crippen LogP contribution in [0.5, 0.6) is 0 Å². The van der Waals surface area contributed by atoms with E-state index in [1.807, 2.05) is 18.2 Å². The Balaban J connectivity index is 2.69. The minimum Gasteiger partial charge on any atom is -0.321 e. The highest BCUT2D eigenvalue weighted by Crippen LogP contribution is 2.11. The van der Waals surface area contributed by atoms with Gasteiger partial charge >= 0.3 is 0 Å². The minimum absolute atomic E-state index is 0.427. The van der Waals surface area contributed by atoms with Crippen molar-refractivity contribution in [1.29, 1.82) is 0 Å². The fourth-order valence-corrected chi connectivity index (χ4v) is 1.20. The first-order valence-corrected chi connectivity index (χ1v) is 4.05. The highest BCUT2D eigenvalue weighted by Gasteiger charge is 2.01. The van der Waals surface area contributed by atoms with Gasteiger partial charge in [0.25, 0.3) is 0 Å². The molecule has 1 aromatic carbocycles. The predicted octanol–water partition coefficient (Wildman–Crippen LogP) is 1.41. The molecule has 0 heterocycles. The van der Waals surface area contributed by atoms with Gasteiger partial charge in [-0.05, 0) is 24.1 Å². The Morgan fingerprint density at radius 2 is 2.33 bits per heavy atom. The molecule has 2 N–H and O–H groups in total. The SMILES string of the molecule is N[C@H](C=O)Cc1cccc(Cl)c1. The van der Waals surface area contributed by atoms with E-state index in [1.54, 1.807) is 6.07 Å².